The average Bonchev–Trinajstić information content (AvgIpc) is 3.22. The first-order chi connectivity index (χ1) is 13.7. The molecule has 1 atom stereocenters. The topological polar surface area (TPSA) is 71.4 Å². The number of nitrogens with one attached hydrogen (secondary N) is 2. The lowest BCUT2D eigenvalue weighted by molar-refractivity contribution is 0.233. The first kappa shape index (κ1) is 18.7. The van der Waals surface area contributed by atoms with Gasteiger partial charge in [0.25, 0.3) is 0 Å². The zero-order valence-electron chi connectivity index (χ0n) is 16.4. The summed E-state index contributed by atoms with van der Waals surface area (Å²) in [5.74, 6) is 2.30. The molecule has 1 unspecified atom stereocenters. The molecule has 0 aliphatic carbocycles. The SMILES string of the molecule is COc1ccccc1N1CCC(NC(=O)NCC2CCCn3ccnc32)CC1. The van der Waals surface area contributed by atoms with Crippen LogP contribution in [0, 0.1) is 0 Å². The Balaban J connectivity index is 1.24. The lowest BCUT2D eigenvalue weighted by Crippen LogP contribution is -2.48. The highest BCUT2D eigenvalue weighted by atomic mass is 16.5. The molecule has 28 heavy (non-hydrogen) atoms. The Bertz CT molecular complexity index is 798. The van der Waals surface area contributed by atoms with Crippen molar-refractivity contribution in [1.29, 1.82) is 0 Å². The van der Waals surface area contributed by atoms with Crippen molar-refractivity contribution in [3.63, 3.8) is 0 Å². The maximum Gasteiger partial charge on any atom is 0.315 e. The van der Waals surface area contributed by atoms with Crippen molar-refractivity contribution in [2.75, 3.05) is 31.6 Å². The monoisotopic (exact) mass is 383 g/mol. The van der Waals surface area contributed by atoms with Gasteiger partial charge in [0.05, 0.1) is 12.8 Å². The molecule has 2 aliphatic heterocycles. The molecule has 3 heterocycles. The van der Waals surface area contributed by atoms with E-state index < -0.39 is 0 Å². The van der Waals surface area contributed by atoms with Crippen LogP contribution in [0.5, 0.6) is 5.75 Å². The van der Waals surface area contributed by atoms with E-state index in [-0.39, 0.29) is 12.1 Å². The summed E-state index contributed by atoms with van der Waals surface area (Å²) in [5, 5.41) is 6.20. The summed E-state index contributed by atoms with van der Waals surface area (Å²) in [7, 11) is 1.70. The third-order valence-electron chi connectivity index (χ3n) is 5.83. The number of ether oxygens (including phenoxy) is 1. The Morgan fingerprint density at radius 3 is 2.86 bits per heavy atom. The Hall–Kier alpha value is -2.70. The van der Waals surface area contributed by atoms with E-state index >= 15 is 0 Å². The molecule has 4 rings (SSSR count). The third-order valence-corrected chi connectivity index (χ3v) is 5.83. The number of carbonyl (C=O) groups excluding carboxylic acids is 1. The third kappa shape index (κ3) is 4.08. The molecule has 2 aliphatic rings. The lowest BCUT2D eigenvalue weighted by atomic mass is 9.99. The number of hydrogen-bond acceptors (Lipinski definition) is 4. The molecule has 0 bridgehead atoms. The first-order valence-electron chi connectivity index (χ1n) is 10.2. The van der Waals surface area contributed by atoms with Crippen molar-refractivity contribution in [2.45, 2.75) is 44.2 Å². The van der Waals surface area contributed by atoms with Crippen LogP contribution in [-0.2, 0) is 6.54 Å². The number of amides is 2. The number of nitrogens with zero attached hydrogens (tertiary/aromatic N) is 3. The van der Waals surface area contributed by atoms with E-state index in [1.807, 2.05) is 30.6 Å². The van der Waals surface area contributed by atoms with E-state index in [1.165, 1.54) is 0 Å². The second-order valence-electron chi connectivity index (χ2n) is 7.61. The summed E-state index contributed by atoms with van der Waals surface area (Å²) < 4.78 is 7.67. The number of hydrogen-bond donors (Lipinski definition) is 2. The highest BCUT2D eigenvalue weighted by molar-refractivity contribution is 5.74. The number of para-hydroxylation sites is 2. The van der Waals surface area contributed by atoms with Crippen LogP contribution in [-0.4, -0.2) is 48.4 Å². The van der Waals surface area contributed by atoms with Crippen LogP contribution in [0.4, 0.5) is 10.5 Å². The number of urea groups is 1. The van der Waals surface area contributed by atoms with Crippen molar-refractivity contribution in [2.24, 2.45) is 0 Å². The van der Waals surface area contributed by atoms with Gasteiger partial charge >= 0.3 is 6.03 Å². The van der Waals surface area contributed by atoms with E-state index in [9.17, 15) is 4.79 Å². The summed E-state index contributed by atoms with van der Waals surface area (Å²) >= 11 is 0. The smallest absolute Gasteiger partial charge is 0.315 e. The molecule has 1 saturated heterocycles. The van der Waals surface area contributed by atoms with Gasteiger partial charge in [-0.15, -0.1) is 0 Å². The van der Waals surface area contributed by atoms with Gasteiger partial charge in [0, 0.05) is 50.5 Å². The predicted octanol–water partition coefficient (Wildman–Crippen LogP) is 2.74. The lowest BCUT2D eigenvalue weighted by Gasteiger charge is -2.34. The summed E-state index contributed by atoms with van der Waals surface area (Å²) in [5.41, 5.74) is 1.13. The number of rotatable bonds is 5. The maximum atomic E-state index is 12.4. The molecule has 2 aromatic rings. The fraction of sp³-hybridized carbons (Fsp3) is 0.524. The zero-order valence-corrected chi connectivity index (χ0v) is 16.4. The minimum atomic E-state index is -0.0700. The van der Waals surface area contributed by atoms with Crippen molar-refractivity contribution < 1.29 is 9.53 Å². The van der Waals surface area contributed by atoms with Gasteiger partial charge in [0.15, 0.2) is 0 Å². The Morgan fingerprint density at radius 1 is 1.21 bits per heavy atom. The number of imidazole rings is 1. The van der Waals surface area contributed by atoms with Crippen LogP contribution in [0.2, 0.25) is 0 Å². The second-order valence-corrected chi connectivity index (χ2v) is 7.61. The highest BCUT2D eigenvalue weighted by Crippen LogP contribution is 2.30. The van der Waals surface area contributed by atoms with Crippen molar-refractivity contribution >= 4 is 11.7 Å². The molecule has 0 radical (unpaired) electrons. The van der Waals surface area contributed by atoms with E-state index in [0.717, 1.165) is 62.6 Å². The fourth-order valence-electron chi connectivity index (χ4n) is 4.31. The summed E-state index contributed by atoms with van der Waals surface area (Å²) in [4.78, 5) is 19.2. The minimum Gasteiger partial charge on any atom is -0.495 e. The average molecular weight is 383 g/mol. The van der Waals surface area contributed by atoms with Crippen LogP contribution in [0.1, 0.15) is 37.4 Å². The van der Waals surface area contributed by atoms with Gasteiger partial charge in [0.2, 0.25) is 0 Å². The van der Waals surface area contributed by atoms with Crippen molar-refractivity contribution in [3.05, 3.63) is 42.5 Å². The molecule has 0 spiro atoms. The van der Waals surface area contributed by atoms with Gasteiger partial charge in [-0.3, -0.25) is 0 Å². The first-order valence-corrected chi connectivity index (χ1v) is 10.2. The number of aryl methyl sites for hydroxylation is 1. The van der Waals surface area contributed by atoms with Crippen LogP contribution in [0.3, 0.4) is 0 Å². The van der Waals surface area contributed by atoms with Gasteiger partial charge in [-0.2, -0.15) is 0 Å². The summed E-state index contributed by atoms with van der Waals surface area (Å²) in [6.07, 6.45) is 7.95. The molecular weight excluding hydrogens is 354 g/mol. The van der Waals surface area contributed by atoms with Crippen molar-refractivity contribution in [1.82, 2.24) is 20.2 Å². The summed E-state index contributed by atoms with van der Waals surface area (Å²) in [6, 6.07) is 8.24. The maximum absolute atomic E-state index is 12.4. The van der Waals surface area contributed by atoms with E-state index in [1.54, 1.807) is 7.11 Å². The highest BCUT2D eigenvalue weighted by Gasteiger charge is 2.24. The predicted molar refractivity (Wildman–Crippen MR) is 109 cm³/mol. The number of carbonyl (C=O) groups is 1. The zero-order chi connectivity index (χ0) is 19.3. The molecule has 150 valence electrons. The standard InChI is InChI=1S/C21H29N5O2/c1-28-19-7-3-2-6-18(19)25-12-8-17(9-13-25)24-21(27)23-15-16-5-4-11-26-14-10-22-20(16)26/h2-3,6-7,10,14,16-17H,4-5,8-9,11-13,15H2,1H3,(H2,23,24,27). The molecule has 2 N–H and O–H groups in total. The largest absolute Gasteiger partial charge is 0.495 e. The molecule has 2 amide bonds. The number of fused-ring (bicyclic) bond motifs is 1. The van der Waals surface area contributed by atoms with Crippen LogP contribution in [0.15, 0.2) is 36.7 Å². The molecule has 1 aromatic carbocycles. The van der Waals surface area contributed by atoms with Gasteiger partial charge < -0.3 is 24.8 Å². The van der Waals surface area contributed by atoms with Crippen LogP contribution in [0.25, 0.3) is 0 Å². The van der Waals surface area contributed by atoms with Gasteiger partial charge in [-0.25, -0.2) is 9.78 Å². The Kier molecular flexibility index (Phi) is 5.69. The Morgan fingerprint density at radius 2 is 2.04 bits per heavy atom. The molecular formula is C21H29N5O2. The number of piperidine rings is 1. The van der Waals surface area contributed by atoms with Crippen molar-refractivity contribution in [3.8, 4) is 5.75 Å². The molecule has 7 nitrogen and oxygen atoms in total. The van der Waals surface area contributed by atoms with E-state index in [2.05, 4.69) is 31.2 Å². The number of methoxy groups -OCH3 is 1. The summed E-state index contributed by atoms with van der Waals surface area (Å²) in [6.45, 7) is 3.49. The van der Waals surface area contributed by atoms with Gasteiger partial charge in [-0.1, -0.05) is 12.1 Å². The van der Waals surface area contributed by atoms with Gasteiger partial charge in [-0.05, 0) is 37.8 Å². The van der Waals surface area contributed by atoms with Crippen LogP contribution < -0.4 is 20.3 Å². The quantitative estimate of drug-likeness (QED) is 0.833. The number of anilines is 1. The number of aromatic nitrogens is 2. The van der Waals surface area contributed by atoms with E-state index in [0.29, 0.717) is 12.5 Å². The second kappa shape index (κ2) is 8.54. The number of benzene rings is 1. The van der Waals surface area contributed by atoms with Crippen LogP contribution >= 0.6 is 0 Å². The van der Waals surface area contributed by atoms with Gasteiger partial charge in [0.1, 0.15) is 11.6 Å². The molecule has 7 heteroatoms. The minimum absolute atomic E-state index is 0.0700. The Labute approximate surface area is 166 Å². The van der Waals surface area contributed by atoms with E-state index in [4.69, 9.17) is 4.74 Å². The molecule has 0 saturated carbocycles. The molecule has 1 aromatic heterocycles. The molecule has 1 fully saturated rings. The normalized spacial score (nSPS) is 19.8. The fourth-order valence-corrected chi connectivity index (χ4v) is 4.31.